The van der Waals surface area contributed by atoms with Crippen LogP contribution in [0.4, 0.5) is 0 Å². The van der Waals surface area contributed by atoms with E-state index in [-0.39, 0.29) is 16.7 Å². The Morgan fingerprint density at radius 3 is 2.36 bits per heavy atom. The smallest absolute Gasteiger partial charge is 0.309 e. The second kappa shape index (κ2) is 6.70. The van der Waals surface area contributed by atoms with Crippen molar-refractivity contribution in [2.24, 2.45) is 28.1 Å². The molecule has 0 heterocycles. The van der Waals surface area contributed by atoms with Crippen LogP contribution in [-0.2, 0) is 9.59 Å². The van der Waals surface area contributed by atoms with Gasteiger partial charge in [0, 0.05) is 12.8 Å². The molecule has 3 rings (SSSR count). The highest BCUT2D eigenvalue weighted by molar-refractivity contribution is 5.79. The van der Waals surface area contributed by atoms with E-state index in [1.165, 1.54) is 32.1 Å². The van der Waals surface area contributed by atoms with Gasteiger partial charge in [0.15, 0.2) is 0 Å². The fourth-order valence-electron chi connectivity index (χ4n) is 7.47. The molecule has 0 bridgehead atoms. The Hall–Kier alpha value is -0.860. The first-order chi connectivity index (χ1) is 11.8. The lowest BCUT2D eigenvalue weighted by atomic mass is 9.39. The molecule has 0 spiro atoms. The molecule has 0 radical (unpaired) electrons. The first-order valence-electron chi connectivity index (χ1n) is 10.6. The molecule has 1 N–H and O–H groups in total. The van der Waals surface area contributed by atoms with Crippen molar-refractivity contribution in [3.8, 4) is 0 Å². The molecule has 3 fully saturated rings. The number of fused-ring (bicyclic) bond motifs is 3. The van der Waals surface area contributed by atoms with Gasteiger partial charge >= 0.3 is 5.97 Å². The normalized spacial score (nSPS) is 43.8. The number of carboxylic acids is 1. The Balaban J connectivity index is 2.03. The van der Waals surface area contributed by atoms with E-state index >= 15 is 0 Å². The van der Waals surface area contributed by atoms with Crippen molar-refractivity contribution in [2.75, 3.05) is 0 Å². The van der Waals surface area contributed by atoms with Gasteiger partial charge in [0.05, 0.1) is 5.41 Å². The molecule has 3 heteroatoms. The number of carbonyl (C=O) groups is 2. The maximum Gasteiger partial charge on any atom is 0.309 e. The standard InChI is InChI=1S/C22H36O3/c1-4-16(23)15-21-12-7-6-9-18(21)22(5-2)13-8-11-20(3,19(24)25)17(22)10-14-21/h17-18H,4-15H2,1-3H3,(H,24,25). The third kappa shape index (κ3) is 2.77. The summed E-state index contributed by atoms with van der Waals surface area (Å²) in [6, 6.07) is 0. The van der Waals surface area contributed by atoms with E-state index in [0.29, 0.717) is 18.1 Å². The topological polar surface area (TPSA) is 54.4 Å². The van der Waals surface area contributed by atoms with Crippen molar-refractivity contribution in [3.63, 3.8) is 0 Å². The van der Waals surface area contributed by atoms with Crippen LogP contribution >= 0.6 is 0 Å². The van der Waals surface area contributed by atoms with Gasteiger partial charge in [-0.05, 0) is 74.5 Å². The van der Waals surface area contributed by atoms with Gasteiger partial charge in [0.1, 0.15) is 5.78 Å². The van der Waals surface area contributed by atoms with E-state index in [1.807, 2.05) is 13.8 Å². The number of aliphatic carboxylic acids is 1. The summed E-state index contributed by atoms with van der Waals surface area (Å²) in [4.78, 5) is 24.6. The molecule has 25 heavy (non-hydrogen) atoms. The predicted octanol–water partition coefficient (Wildman–Crippen LogP) is 5.61. The number of Topliss-reactive ketones (excluding diaryl/α,β-unsaturated/α-hetero) is 1. The summed E-state index contributed by atoms with van der Waals surface area (Å²) in [5.41, 5.74) is -0.278. The highest BCUT2D eigenvalue weighted by Gasteiger charge is 2.63. The van der Waals surface area contributed by atoms with Gasteiger partial charge in [-0.15, -0.1) is 0 Å². The average Bonchev–Trinajstić information content (AvgIpc) is 2.61. The molecule has 3 aliphatic carbocycles. The molecule has 0 aromatic rings. The van der Waals surface area contributed by atoms with Crippen molar-refractivity contribution >= 4 is 11.8 Å². The minimum atomic E-state index is -0.594. The number of carbonyl (C=O) groups excluding carboxylic acids is 1. The maximum absolute atomic E-state index is 12.4. The van der Waals surface area contributed by atoms with Crippen LogP contribution in [0.1, 0.15) is 97.8 Å². The number of rotatable bonds is 5. The van der Waals surface area contributed by atoms with E-state index in [4.69, 9.17) is 0 Å². The van der Waals surface area contributed by atoms with Crippen LogP contribution in [0, 0.1) is 28.1 Å². The molecule has 0 saturated heterocycles. The summed E-state index contributed by atoms with van der Waals surface area (Å²) in [7, 11) is 0. The summed E-state index contributed by atoms with van der Waals surface area (Å²) in [6.07, 6.45) is 12.4. The third-order valence-corrected chi connectivity index (χ3v) is 8.67. The molecule has 3 aliphatic rings. The van der Waals surface area contributed by atoms with Crippen molar-refractivity contribution < 1.29 is 14.7 Å². The fraction of sp³-hybridized carbons (Fsp3) is 0.909. The summed E-state index contributed by atoms with van der Waals surface area (Å²) >= 11 is 0. The van der Waals surface area contributed by atoms with E-state index in [2.05, 4.69) is 6.92 Å². The van der Waals surface area contributed by atoms with Crippen LogP contribution in [0.25, 0.3) is 0 Å². The highest BCUT2D eigenvalue weighted by atomic mass is 16.4. The van der Waals surface area contributed by atoms with Crippen LogP contribution in [0.5, 0.6) is 0 Å². The Labute approximate surface area is 153 Å². The summed E-state index contributed by atoms with van der Waals surface area (Å²) in [5.74, 6) is 0.646. The molecule has 0 aromatic carbocycles. The van der Waals surface area contributed by atoms with E-state index in [1.54, 1.807) is 0 Å². The predicted molar refractivity (Wildman–Crippen MR) is 99.3 cm³/mol. The van der Waals surface area contributed by atoms with Crippen LogP contribution in [-0.4, -0.2) is 16.9 Å². The number of carboxylic acid groups (broad SMARTS) is 1. The molecule has 142 valence electrons. The number of ketones is 1. The van der Waals surface area contributed by atoms with Gasteiger partial charge in [-0.2, -0.15) is 0 Å². The van der Waals surface area contributed by atoms with Gasteiger partial charge in [0.2, 0.25) is 0 Å². The molecule has 0 aromatic heterocycles. The first kappa shape index (κ1) is 18.9. The third-order valence-electron chi connectivity index (χ3n) is 8.67. The minimum absolute atomic E-state index is 0.137. The largest absolute Gasteiger partial charge is 0.481 e. The first-order valence-corrected chi connectivity index (χ1v) is 10.6. The maximum atomic E-state index is 12.4. The van der Waals surface area contributed by atoms with Gasteiger partial charge < -0.3 is 5.11 Å². The Bertz CT molecular complexity index is 541. The van der Waals surface area contributed by atoms with Gasteiger partial charge in [-0.25, -0.2) is 0 Å². The van der Waals surface area contributed by atoms with Gasteiger partial charge in [-0.1, -0.05) is 33.1 Å². The van der Waals surface area contributed by atoms with Crippen LogP contribution < -0.4 is 0 Å². The second-order valence-electron chi connectivity index (χ2n) is 9.48. The van der Waals surface area contributed by atoms with Crippen molar-refractivity contribution in [2.45, 2.75) is 97.8 Å². The molecule has 5 atom stereocenters. The number of hydrogen-bond donors (Lipinski definition) is 1. The zero-order valence-electron chi connectivity index (χ0n) is 16.4. The molecule has 3 nitrogen and oxygen atoms in total. The Morgan fingerprint density at radius 2 is 1.72 bits per heavy atom. The van der Waals surface area contributed by atoms with Gasteiger partial charge in [0.25, 0.3) is 0 Å². The fourth-order valence-corrected chi connectivity index (χ4v) is 7.47. The number of hydrogen-bond acceptors (Lipinski definition) is 2. The minimum Gasteiger partial charge on any atom is -0.481 e. The van der Waals surface area contributed by atoms with E-state index in [9.17, 15) is 14.7 Å². The van der Waals surface area contributed by atoms with Crippen LogP contribution in [0.3, 0.4) is 0 Å². The SMILES string of the molecule is CCC(=O)CC12CCCCC1C1(CC)CCCC(C)(C(=O)O)C1CC2. The molecule has 0 amide bonds. The Kier molecular flexibility index (Phi) is 5.07. The molecular formula is C22H36O3. The molecule has 5 unspecified atom stereocenters. The highest BCUT2D eigenvalue weighted by Crippen LogP contribution is 2.69. The monoisotopic (exact) mass is 348 g/mol. The van der Waals surface area contributed by atoms with Gasteiger partial charge in [-0.3, -0.25) is 9.59 Å². The summed E-state index contributed by atoms with van der Waals surface area (Å²) < 4.78 is 0. The van der Waals surface area contributed by atoms with Crippen molar-refractivity contribution in [1.29, 1.82) is 0 Å². The molecule has 3 saturated carbocycles. The Morgan fingerprint density at radius 1 is 0.960 bits per heavy atom. The zero-order chi connectivity index (χ0) is 18.3. The summed E-state index contributed by atoms with van der Waals surface area (Å²) in [6.45, 7) is 6.28. The van der Waals surface area contributed by atoms with Crippen molar-refractivity contribution in [3.05, 3.63) is 0 Å². The molecular weight excluding hydrogens is 312 g/mol. The summed E-state index contributed by atoms with van der Waals surface area (Å²) in [5, 5.41) is 10.0. The lowest BCUT2D eigenvalue weighted by Gasteiger charge is -2.65. The van der Waals surface area contributed by atoms with Crippen molar-refractivity contribution in [1.82, 2.24) is 0 Å². The van der Waals surface area contributed by atoms with Crippen LogP contribution in [0.2, 0.25) is 0 Å². The second-order valence-corrected chi connectivity index (χ2v) is 9.48. The average molecular weight is 349 g/mol. The lowest BCUT2D eigenvalue weighted by molar-refractivity contribution is -0.190. The van der Waals surface area contributed by atoms with E-state index in [0.717, 1.165) is 38.5 Å². The lowest BCUT2D eigenvalue weighted by Crippen LogP contribution is -2.60. The molecule has 0 aliphatic heterocycles. The zero-order valence-corrected chi connectivity index (χ0v) is 16.4. The van der Waals surface area contributed by atoms with E-state index < -0.39 is 11.4 Å². The quantitative estimate of drug-likeness (QED) is 0.702. The van der Waals surface area contributed by atoms with Crippen LogP contribution in [0.15, 0.2) is 0 Å².